The lowest BCUT2D eigenvalue weighted by Gasteiger charge is -2.34. The van der Waals surface area contributed by atoms with Gasteiger partial charge in [0.1, 0.15) is 13.1 Å². The van der Waals surface area contributed by atoms with Crippen LogP contribution in [0.15, 0.2) is 0 Å². The highest BCUT2D eigenvalue weighted by molar-refractivity contribution is 7.98. The minimum atomic E-state index is 0.104. The van der Waals surface area contributed by atoms with Crippen LogP contribution in [-0.2, 0) is 9.59 Å². The van der Waals surface area contributed by atoms with Crippen molar-refractivity contribution in [3.05, 3.63) is 0 Å². The number of piperazine rings is 1. The molecular weight excluding hydrogens is 292 g/mol. The van der Waals surface area contributed by atoms with Crippen LogP contribution in [0.25, 0.3) is 0 Å². The Morgan fingerprint density at radius 2 is 1.05 bits per heavy atom. The van der Waals surface area contributed by atoms with E-state index in [-0.39, 0.29) is 24.9 Å². The number of amides is 2. The first-order chi connectivity index (χ1) is 9.72. The van der Waals surface area contributed by atoms with E-state index in [0.29, 0.717) is 10.5 Å². The van der Waals surface area contributed by atoms with Crippen LogP contribution < -0.4 is 0 Å². The largest absolute Gasteiger partial charge is 0.275 e. The number of carbonyl (C=O) groups is 2. The van der Waals surface area contributed by atoms with E-state index in [1.54, 1.807) is 32.5 Å². The molecule has 1 saturated heterocycles. The standard InChI is InChI=1S/C14H22N2O2S2/c17-13-10-16(20-12-7-3-4-8-12)14(18)9-15(13)19-11-5-1-2-6-11/h11-12H,1-10H2. The van der Waals surface area contributed by atoms with Crippen LogP contribution in [0.2, 0.25) is 0 Å². The predicted octanol–water partition coefficient (Wildman–Crippen LogP) is 2.84. The van der Waals surface area contributed by atoms with Crippen LogP contribution in [-0.4, -0.2) is 44.0 Å². The molecule has 3 rings (SSSR count). The third-order valence-electron chi connectivity index (χ3n) is 4.27. The summed E-state index contributed by atoms with van der Waals surface area (Å²) >= 11 is 3.22. The van der Waals surface area contributed by atoms with Gasteiger partial charge in [0.05, 0.1) is 0 Å². The van der Waals surface area contributed by atoms with E-state index < -0.39 is 0 Å². The highest BCUT2D eigenvalue weighted by atomic mass is 32.2. The van der Waals surface area contributed by atoms with E-state index in [1.165, 1.54) is 51.4 Å². The summed E-state index contributed by atoms with van der Waals surface area (Å²) in [6, 6.07) is 0. The van der Waals surface area contributed by atoms with Crippen molar-refractivity contribution < 1.29 is 9.59 Å². The molecule has 0 aromatic heterocycles. The second kappa shape index (κ2) is 6.60. The first-order valence-corrected chi connectivity index (χ1v) is 9.34. The summed E-state index contributed by atoms with van der Waals surface area (Å²) in [5, 5.41) is 1.08. The zero-order valence-electron chi connectivity index (χ0n) is 11.8. The van der Waals surface area contributed by atoms with Gasteiger partial charge in [-0.2, -0.15) is 0 Å². The van der Waals surface area contributed by atoms with Gasteiger partial charge in [-0.05, 0) is 49.6 Å². The normalized spacial score (nSPS) is 26.0. The lowest BCUT2D eigenvalue weighted by atomic mass is 10.4. The summed E-state index contributed by atoms with van der Waals surface area (Å²) in [5.41, 5.74) is 0. The van der Waals surface area contributed by atoms with Crippen LogP contribution in [0.3, 0.4) is 0 Å². The summed E-state index contributed by atoms with van der Waals surface area (Å²) in [4.78, 5) is 24.4. The van der Waals surface area contributed by atoms with Crippen molar-refractivity contribution in [3.8, 4) is 0 Å². The molecule has 2 amide bonds. The van der Waals surface area contributed by atoms with Crippen LogP contribution in [0.1, 0.15) is 51.4 Å². The topological polar surface area (TPSA) is 40.6 Å². The molecule has 0 bridgehead atoms. The molecule has 2 saturated carbocycles. The number of rotatable bonds is 4. The van der Waals surface area contributed by atoms with Gasteiger partial charge in [0.2, 0.25) is 0 Å². The predicted molar refractivity (Wildman–Crippen MR) is 83.1 cm³/mol. The highest BCUT2D eigenvalue weighted by Crippen LogP contribution is 2.36. The van der Waals surface area contributed by atoms with Crippen LogP contribution in [0, 0.1) is 0 Å². The molecule has 0 spiro atoms. The SMILES string of the molecule is O=C1CN(SC2CCCC2)C(=O)CN1SC1CCCC1. The minimum Gasteiger partial charge on any atom is -0.275 e. The van der Waals surface area contributed by atoms with Gasteiger partial charge in [0.15, 0.2) is 0 Å². The lowest BCUT2D eigenvalue weighted by Crippen LogP contribution is -2.49. The number of hydrogen-bond acceptors (Lipinski definition) is 4. The average molecular weight is 314 g/mol. The average Bonchev–Trinajstić information content (AvgIpc) is 3.08. The quantitative estimate of drug-likeness (QED) is 0.748. The first-order valence-electron chi connectivity index (χ1n) is 7.66. The van der Waals surface area contributed by atoms with Crippen molar-refractivity contribution in [1.82, 2.24) is 8.61 Å². The van der Waals surface area contributed by atoms with Gasteiger partial charge in [-0.3, -0.25) is 18.2 Å². The van der Waals surface area contributed by atoms with Crippen LogP contribution in [0.4, 0.5) is 0 Å². The Morgan fingerprint density at radius 3 is 1.40 bits per heavy atom. The summed E-state index contributed by atoms with van der Waals surface area (Å²) in [7, 11) is 0. The van der Waals surface area contributed by atoms with E-state index in [2.05, 4.69) is 0 Å². The first kappa shape index (κ1) is 14.6. The van der Waals surface area contributed by atoms with Crippen molar-refractivity contribution in [2.24, 2.45) is 0 Å². The summed E-state index contributed by atoms with van der Waals surface area (Å²) in [6.45, 7) is 0.527. The summed E-state index contributed by atoms with van der Waals surface area (Å²) in [5.74, 6) is 0.207. The molecule has 0 N–H and O–H groups in total. The lowest BCUT2D eigenvalue weighted by molar-refractivity contribution is -0.140. The molecule has 0 atom stereocenters. The molecule has 1 heterocycles. The van der Waals surface area contributed by atoms with Crippen molar-refractivity contribution in [2.45, 2.75) is 61.9 Å². The molecule has 3 aliphatic rings. The Kier molecular flexibility index (Phi) is 4.81. The Hall–Kier alpha value is -0.360. The fourth-order valence-corrected chi connectivity index (χ4v) is 5.65. The molecule has 0 aromatic rings. The number of hydrogen-bond donors (Lipinski definition) is 0. The van der Waals surface area contributed by atoms with Crippen molar-refractivity contribution in [3.63, 3.8) is 0 Å². The zero-order chi connectivity index (χ0) is 13.9. The van der Waals surface area contributed by atoms with E-state index in [4.69, 9.17) is 0 Å². The van der Waals surface area contributed by atoms with Gasteiger partial charge in [-0.15, -0.1) is 0 Å². The Balaban J connectivity index is 1.52. The number of nitrogens with zero attached hydrogens (tertiary/aromatic N) is 2. The number of carbonyl (C=O) groups excluding carboxylic acids is 2. The van der Waals surface area contributed by atoms with Gasteiger partial charge in [0.25, 0.3) is 11.8 Å². The minimum absolute atomic E-state index is 0.104. The van der Waals surface area contributed by atoms with Crippen molar-refractivity contribution >= 4 is 35.7 Å². The highest BCUT2D eigenvalue weighted by Gasteiger charge is 2.34. The van der Waals surface area contributed by atoms with Crippen molar-refractivity contribution in [2.75, 3.05) is 13.1 Å². The van der Waals surface area contributed by atoms with E-state index in [9.17, 15) is 9.59 Å². The molecule has 0 aromatic carbocycles. The molecule has 3 fully saturated rings. The maximum atomic E-state index is 12.2. The van der Waals surface area contributed by atoms with Gasteiger partial charge in [-0.25, -0.2) is 0 Å². The molecule has 0 unspecified atom stereocenters. The summed E-state index contributed by atoms with van der Waals surface area (Å²) in [6.07, 6.45) is 9.78. The smallest absolute Gasteiger partial charge is 0.253 e. The van der Waals surface area contributed by atoms with Crippen molar-refractivity contribution in [1.29, 1.82) is 0 Å². The summed E-state index contributed by atoms with van der Waals surface area (Å²) < 4.78 is 3.42. The molecule has 6 heteroatoms. The van der Waals surface area contributed by atoms with E-state index in [1.807, 2.05) is 0 Å². The fraction of sp³-hybridized carbons (Fsp3) is 0.857. The Morgan fingerprint density at radius 1 is 0.700 bits per heavy atom. The fourth-order valence-electron chi connectivity index (χ4n) is 3.12. The third-order valence-corrected chi connectivity index (χ3v) is 6.98. The van der Waals surface area contributed by atoms with Crippen LogP contribution >= 0.6 is 23.9 Å². The van der Waals surface area contributed by atoms with Gasteiger partial charge in [-0.1, -0.05) is 25.7 Å². The van der Waals surface area contributed by atoms with Gasteiger partial charge in [0, 0.05) is 10.5 Å². The third kappa shape index (κ3) is 3.45. The molecule has 112 valence electrons. The van der Waals surface area contributed by atoms with E-state index in [0.717, 1.165) is 0 Å². The second-order valence-electron chi connectivity index (χ2n) is 5.88. The van der Waals surface area contributed by atoms with E-state index >= 15 is 0 Å². The molecule has 1 aliphatic heterocycles. The van der Waals surface area contributed by atoms with Gasteiger partial charge >= 0.3 is 0 Å². The van der Waals surface area contributed by atoms with Crippen LogP contribution in [0.5, 0.6) is 0 Å². The maximum Gasteiger partial charge on any atom is 0.253 e. The molecule has 2 aliphatic carbocycles. The Labute approximate surface area is 129 Å². The molecule has 4 nitrogen and oxygen atoms in total. The Bertz CT molecular complexity index is 343. The maximum absolute atomic E-state index is 12.2. The van der Waals surface area contributed by atoms with Gasteiger partial charge < -0.3 is 0 Å². The second-order valence-corrected chi connectivity index (χ2v) is 8.52. The zero-order valence-corrected chi connectivity index (χ0v) is 13.4. The molecule has 0 radical (unpaired) electrons. The molecular formula is C14H22N2O2S2. The monoisotopic (exact) mass is 314 g/mol. The molecule has 20 heavy (non-hydrogen) atoms.